The highest BCUT2D eigenvalue weighted by atomic mass is 79.9. The summed E-state index contributed by atoms with van der Waals surface area (Å²) in [5.74, 6) is -0.179. The zero-order valence-electron chi connectivity index (χ0n) is 14.3. The van der Waals surface area contributed by atoms with Gasteiger partial charge in [-0.2, -0.15) is 0 Å². The average Bonchev–Trinajstić information content (AvgIpc) is 2.47. The third-order valence-corrected chi connectivity index (χ3v) is 4.13. The number of carbonyl (C=O) groups excluding carboxylic acids is 2. The lowest BCUT2D eigenvalue weighted by Crippen LogP contribution is -2.42. The predicted octanol–water partition coefficient (Wildman–Crippen LogP) is 2.93. The molecule has 0 aliphatic carbocycles. The number of amides is 2. The largest absolute Gasteiger partial charge is 0.352 e. The average molecular weight is 384 g/mol. The van der Waals surface area contributed by atoms with E-state index in [-0.39, 0.29) is 30.9 Å². The molecule has 0 heterocycles. The molecule has 1 rings (SSSR count). The Labute approximate surface area is 146 Å². The lowest BCUT2D eigenvalue weighted by molar-refractivity contribution is -0.123. The highest BCUT2D eigenvalue weighted by Crippen LogP contribution is 2.19. The van der Waals surface area contributed by atoms with Crippen molar-refractivity contribution < 1.29 is 9.59 Å². The first kappa shape index (κ1) is 19.6. The van der Waals surface area contributed by atoms with Gasteiger partial charge in [0.2, 0.25) is 11.8 Å². The van der Waals surface area contributed by atoms with Gasteiger partial charge in [-0.15, -0.1) is 0 Å². The summed E-state index contributed by atoms with van der Waals surface area (Å²) in [6, 6.07) is 5.89. The fourth-order valence-corrected chi connectivity index (χ4v) is 2.74. The van der Waals surface area contributed by atoms with E-state index in [9.17, 15) is 9.59 Å². The first-order chi connectivity index (χ1) is 10.8. The molecule has 2 amide bonds. The molecule has 0 unspecified atom stereocenters. The smallest absolute Gasteiger partial charge is 0.238 e. The van der Waals surface area contributed by atoms with E-state index in [2.05, 4.69) is 26.6 Å². The van der Waals surface area contributed by atoms with Gasteiger partial charge in [0.15, 0.2) is 0 Å². The quantitative estimate of drug-likeness (QED) is 0.725. The molecule has 0 radical (unpaired) electrons. The second-order valence-corrected chi connectivity index (χ2v) is 6.68. The summed E-state index contributed by atoms with van der Waals surface area (Å²) >= 11 is 3.40. The number of hydrogen-bond donors (Lipinski definition) is 2. The number of nitrogens with zero attached hydrogens (tertiary/aromatic N) is 1. The van der Waals surface area contributed by atoms with E-state index in [1.54, 1.807) is 11.9 Å². The number of benzene rings is 1. The highest BCUT2D eigenvalue weighted by molar-refractivity contribution is 9.10. The van der Waals surface area contributed by atoms with E-state index < -0.39 is 0 Å². The third kappa shape index (κ3) is 7.14. The highest BCUT2D eigenvalue weighted by Gasteiger charge is 2.13. The van der Waals surface area contributed by atoms with Crippen LogP contribution < -0.4 is 10.6 Å². The van der Waals surface area contributed by atoms with E-state index in [4.69, 9.17) is 0 Å². The van der Waals surface area contributed by atoms with E-state index in [1.165, 1.54) is 0 Å². The molecule has 2 N–H and O–H groups in total. The minimum Gasteiger partial charge on any atom is -0.352 e. The molecule has 5 nitrogen and oxygen atoms in total. The molecule has 0 bridgehead atoms. The van der Waals surface area contributed by atoms with Crippen LogP contribution in [-0.2, 0) is 9.59 Å². The second-order valence-electron chi connectivity index (χ2n) is 5.76. The van der Waals surface area contributed by atoms with Gasteiger partial charge in [-0.05, 0) is 50.6 Å². The number of anilines is 1. The van der Waals surface area contributed by atoms with Crippen molar-refractivity contribution in [2.24, 2.45) is 0 Å². The van der Waals surface area contributed by atoms with Crippen molar-refractivity contribution in [3.05, 3.63) is 28.2 Å². The number of likely N-dealkylation sites (N-methyl/N-ethyl adjacent to an activating group) is 1. The molecule has 0 spiro atoms. The summed E-state index contributed by atoms with van der Waals surface area (Å²) < 4.78 is 0.975. The Morgan fingerprint density at radius 3 is 2.35 bits per heavy atom. The molecule has 0 fully saturated rings. The predicted molar refractivity (Wildman–Crippen MR) is 97.5 cm³/mol. The molecule has 0 aliphatic heterocycles. The van der Waals surface area contributed by atoms with Crippen LogP contribution >= 0.6 is 15.9 Å². The summed E-state index contributed by atoms with van der Waals surface area (Å²) in [4.78, 5) is 25.7. The van der Waals surface area contributed by atoms with Crippen molar-refractivity contribution in [3.63, 3.8) is 0 Å². The second kappa shape index (κ2) is 9.67. The summed E-state index contributed by atoms with van der Waals surface area (Å²) in [7, 11) is 1.76. The van der Waals surface area contributed by atoms with Gasteiger partial charge in [-0.1, -0.05) is 29.8 Å². The summed E-state index contributed by atoms with van der Waals surface area (Å²) in [6.45, 7) is 6.42. The summed E-state index contributed by atoms with van der Waals surface area (Å²) in [5, 5.41) is 5.84. The Morgan fingerprint density at radius 2 is 1.78 bits per heavy atom. The van der Waals surface area contributed by atoms with Gasteiger partial charge in [0.05, 0.1) is 13.1 Å². The number of hydrogen-bond acceptors (Lipinski definition) is 3. The van der Waals surface area contributed by atoms with Gasteiger partial charge in [0.1, 0.15) is 0 Å². The van der Waals surface area contributed by atoms with Crippen LogP contribution in [-0.4, -0.2) is 42.9 Å². The normalized spacial score (nSPS) is 10.9. The SMILES string of the molecule is CCC(CC)NC(=O)CN(C)CC(=O)Nc1ccc(Br)cc1C. The topological polar surface area (TPSA) is 61.4 Å². The van der Waals surface area contributed by atoms with Gasteiger partial charge in [-0.25, -0.2) is 0 Å². The molecule has 0 saturated carbocycles. The maximum Gasteiger partial charge on any atom is 0.238 e. The van der Waals surface area contributed by atoms with Gasteiger partial charge in [0.25, 0.3) is 0 Å². The van der Waals surface area contributed by atoms with Crippen LogP contribution in [0.15, 0.2) is 22.7 Å². The first-order valence-corrected chi connectivity index (χ1v) is 8.68. The fraction of sp³-hybridized carbons (Fsp3) is 0.529. The third-order valence-electron chi connectivity index (χ3n) is 3.64. The van der Waals surface area contributed by atoms with Gasteiger partial charge in [0, 0.05) is 16.2 Å². The first-order valence-electron chi connectivity index (χ1n) is 7.89. The molecule has 0 atom stereocenters. The summed E-state index contributed by atoms with van der Waals surface area (Å²) in [5.41, 5.74) is 1.77. The van der Waals surface area contributed by atoms with E-state index in [1.807, 2.05) is 39.0 Å². The van der Waals surface area contributed by atoms with Crippen molar-refractivity contribution >= 4 is 33.4 Å². The monoisotopic (exact) mass is 383 g/mol. The van der Waals surface area contributed by atoms with Crippen molar-refractivity contribution in [2.75, 3.05) is 25.5 Å². The molecular weight excluding hydrogens is 358 g/mol. The van der Waals surface area contributed by atoms with Crippen molar-refractivity contribution in [1.82, 2.24) is 10.2 Å². The van der Waals surface area contributed by atoms with Gasteiger partial charge >= 0.3 is 0 Å². The number of halogens is 1. The minimum absolute atomic E-state index is 0.0474. The Bertz CT molecular complexity index is 545. The zero-order chi connectivity index (χ0) is 17.4. The molecule has 0 aromatic heterocycles. The van der Waals surface area contributed by atoms with Crippen LogP contribution in [0.1, 0.15) is 32.3 Å². The van der Waals surface area contributed by atoms with Crippen LogP contribution in [0.25, 0.3) is 0 Å². The molecule has 128 valence electrons. The van der Waals surface area contributed by atoms with E-state index in [0.717, 1.165) is 28.6 Å². The molecule has 1 aromatic rings. The van der Waals surface area contributed by atoms with Crippen LogP contribution in [0.2, 0.25) is 0 Å². The minimum atomic E-state index is -0.131. The van der Waals surface area contributed by atoms with Crippen LogP contribution in [0.5, 0.6) is 0 Å². The number of carbonyl (C=O) groups is 2. The van der Waals surface area contributed by atoms with Crippen molar-refractivity contribution in [3.8, 4) is 0 Å². The lowest BCUT2D eigenvalue weighted by atomic mass is 10.2. The summed E-state index contributed by atoms with van der Waals surface area (Å²) in [6.07, 6.45) is 1.82. The lowest BCUT2D eigenvalue weighted by Gasteiger charge is -2.19. The Kier molecular flexibility index (Phi) is 8.26. The number of nitrogens with one attached hydrogen (secondary N) is 2. The number of rotatable bonds is 8. The Hall–Kier alpha value is -1.40. The van der Waals surface area contributed by atoms with E-state index >= 15 is 0 Å². The maximum absolute atomic E-state index is 12.1. The van der Waals surface area contributed by atoms with Gasteiger partial charge < -0.3 is 10.6 Å². The Morgan fingerprint density at radius 1 is 1.17 bits per heavy atom. The Balaban J connectivity index is 2.45. The van der Waals surface area contributed by atoms with Gasteiger partial charge in [-0.3, -0.25) is 14.5 Å². The maximum atomic E-state index is 12.1. The standard InChI is InChI=1S/C17H26BrN3O2/c1-5-14(6-2)19-16(22)10-21(4)11-17(23)20-15-8-7-13(18)9-12(15)3/h7-9,14H,5-6,10-11H2,1-4H3,(H,19,22)(H,20,23). The van der Waals surface area contributed by atoms with Crippen molar-refractivity contribution in [1.29, 1.82) is 0 Å². The fourth-order valence-electron chi connectivity index (χ4n) is 2.27. The molecule has 23 heavy (non-hydrogen) atoms. The van der Waals surface area contributed by atoms with Crippen LogP contribution in [0.4, 0.5) is 5.69 Å². The molecule has 1 aromatic carbocycles. The van der Waals surface area contributed by atoms with Crippen molar-refractivity contribution in [2.45, 2.75) is 39.7 Å². The van der Waals surface area contributed by atoms with Crippen LogP contribution in [0.3, 0.4) is 0 Å². The zero-order valence-corrected chi connectivity index (χ0v) is 15.9. The molecular formula is C17H26BrN3O2. The molecule has 6 heteroatoms. The van der Waals surface area contributed by atoms with E-state index in [0.29, 0.717) is 0 Å². The number of aryl methyl sites for hydroxylation is 1. The molecule has 0 aliphatic rings. The van der Waals surface area contributed by atoms with Crippen LogP contribution in [0, 0.1) is 6.92 Å². The molecule has 0 saturated heterocycles.